The van der Waals surface area contributed by atoms with Crippen LogP contribution in [0.4, 0.5) is 4.39 Å². The Morgan fingerprint density at radius 1 is 1.10 bits per heavy atom. The van der Waals surface area contributed by atoms with E-state index in [1.807, 2.05) is 6.07 Å². The third-order valence-electron chi connectivity index (χ3n) is 3.64. The van der Waals surface area contributed by atoms with Crippen molar-refractivity contribution in [1.82, 2.24) is 4.57 Å². The summed E-state index contributed by atoms with van der Waals surface area (Å²) in [4.78, 5) is 0. The van der Waals surface area contributed by atoms with Gasteiger partial charge in [-0.25, -0.2) is 4.39 Å². The largest absolute Gasteiger partial charge is 0.343 e. The van der Waals surface area contributed by atoms with E-state index in [2.05, 4.69) is 51.0 Å². The van der Waals surface area contributed by atoms with Gasteiger partial charge in [0.05, 0.1) is 5.52 Å². The van der Waals surface area contributed by atoms with E-state index in [1.54, 1.807) is 0 Å². The number of aromatic nitrogens is 1. The van der Waals surface area contributed by atoms with Gasteiger partial charge in [0.1, 0.15) is 5.82 Å². The fraction of sp³-hybridized carbons (Fsp3) is 0.176. The smallest absolute Gasteiger partial charge is 0.124 e. The second-order valence-corrected chi connectivity index (χ2v) is 5.93. The lowest BCUT2D eigenvalue weighted by Gasteiger charge is -2.11. The van der Waals surface area contributed by atoms with Gasteiger partial charge in [-0.05, 0) is 47.7 Å². The Hall–Kier alpha value is -1.65. The summed E-state index contributed by atoms with van der Waals surface area (Å²) in [5.74, 6) is -0.230. The van der Waals surface area contributed by atoms with E-state index in [4.69, 9.17) is 5.73 Å². The molecule has 0 aliphatic carbocycles. The maximum Gasteiger partial charge on any atom is 0.124 e. The second-order valence-electron chi connectivity index (χ2n) is 5.07. The van der Waals surface area contributed by atoms with E-state index in [1.165, 1.54) is 28.6 Å². The van der Waals surface area contributed by atoms with Crippen LogP contribution in [-0.4, -0.2) is 11.1 Å². The molecule has 0 bridgehead atoms. The predicted octanol–water partition coefficient (Wildman–Crippen LogP) is 4.09. The molecule has 4 heteroatoms. The van der Waals surface area contributed by atoms with Crippen LogP contribution in [0.5, 0.6) is 0 Å². The van der Waals surface area contributed by atoms with E-state index in [9.17, 15) is 4.39 Å². The summed E-state index contributed by atoms with van der Waals surface area (Å²) in [5.41, 5.74) is 9.21. The fourth-order valence-electron chi connectivity index (χ4n) is 2.66. The van der Waals surface area contributed by atoms with Crippen LogP contribution >= 0.6 is 15.9 Å². The van der Waals surface area contributed by atoms with Crippen LogP contribution in [0.25, 0.3) is 10.9 Å². The van der Waals surface area contributed by atoms with Crippen molar-refractivity contribution in [2.45, 2.75) is 13.0 Å². The van der Waals surface area contributed by atoms with Crippen molar-refractivity contribution in [3.63, 3.8) is 0 Å². The minimum Gasteiger partial charge on any atom is -0.343 e. The summed E-state index contributed by atoms with van der Waals surface area (Å²) < 4.78 is 16.2. The molecular weight excluding hydrogens is 331 g/mol. The Morgan fingerprint density at radius 2 is 1.95 bits per heavy atom. The third kappa shape index (κ3) is 2.87. The summed E-state index contributed by atoms with van der Waals surface area (Å²) in [6, 6.07) is 13.2. The summed E-state index contributed by atoms with van der Waals surface area (Å²) in [5, 5.41) is 1.21. The van der Waals surface area contributed by atoms with Crippen molar-refractivity contribution in [3.05, 3.63) is 70.1 Å². The van der Waals surface area contributed by atoms with Crippen molar-refractivity contribution >= 4 is 26.8 Å². The van der Waals surface area contributed by atoms with Crippen molar-refractivity contribution in [1.29, 1.82) is 0 Å². The van der Waals surface area contributed by atoms with Crippen molar-refractivity contribution in [2.24, 2.45) is 5.73 Å². The zero-order valence-corrected chi connectivity index (χ0v) is 13.1. The third-order valence-corrected chi connectivity index (χ3v) is 4.38. The van der Waals surface area contributed by atoms with Crippen LogP contribution in [0.3, 0.4) is 0 Å². The molecule has 3 rings (SSSR count). The first-order valence-electron chi connectivity index (χ1n) is 6.90. The van der Waals surface area contributed by atoms with Crippen molar-refractivity contribution < 1.29 is 4.39 Å². The number of para-hydroxylation sites is 1. The standard InChI is InChI=1S/C17H16BrFN2/c18-16-10-15(19)5-4-14(16)11-21-9-7-13-3-1-2-12(6-8-20)17(13)21/h1-5,7,9-10H,6,8,11,20H2. The lowest BCUT2D eigenvalue weighted by atomic mass is 10.1. The van der Waals surface area contributed by atoms with Crippen LogP contribution in [0.1, 0.15) is 11.1 Å². The van der Waals surface area contributed by atoms with E-state index in [0.717, 1.165) is 16.5 Å². The molecule has 0 atom stereocenters. The van der Waals surface area contributed by atoms with Crippen molar-refractivity contribution in [3.8, 4) is 0 Å². The zero-order valence-electron chi connectivity index (χ0n) is 11.5. The molecule has 0 fully saturated rings. The first kappa shape index (κ1) is 14.3. The number of fused-ring (bicyclic) bond motifs is 1. The molecule has 108 valence electrons. The molecule has 0 unspecified atom stereocenters. The van der Waals surface area contributed by atoms with Crippen LogP contribution in [0.15, 0.2) is 53.1 Å². The Morgan fingerprint density at radius 3 is 2.71 bits per heavy atom. The lowest BCUT2D eigenvalue weighted by Crippen LogP contribution is -2.06. The van der Waals surface area contributed by atoms with Gasteiger partial charge < -0.3 is 10.3 Å². The Labute approximate surface area is 131 Å². The number of hydrogen-bond donors (Lipinski definition) is 1. The van der Waals surface area contributed by atoms with Crippen LogP contribution in [0, 0.1) is 5.82 Å². The molecule has 2 nitrogen and oxygen atoms in total. The van der Waals surface area contributed by atoms with Gasteiger partial charge in [0.2, 0.25) is 0 Å². The van der Waals surface area contributed by atoms with E-state index in [-0.39, 0.29) is 5.82 Å². The maximum absolute atomic E-state index is 13.2. The molecule has 0 saturated heterocycles. The van der Waals surface area contributed by atoms with Gasteiger partial charge in [-0.2, -0.15) is 0 Å². The molecular formula is C17H16BrFN2. The second kappa shape index (κ2) is 6.00. The molecule has 0 aliphatic rings. The molecule has 0 radical (unpaired) electrons. The highest BCUT2D eigenvalue weighted by molar-refractivity contribution is 9.10. The molecule has 0 spiro atoms. The van der Waals surface area contributed by atoms with Gasteiger partial charge in [-0.15, -0.1) is 0 Å². The maximum atomic E-state index is 13.2. The number of hydrogen-bond acceptors (Lipinski definition) is 1. The highest BCUT2D eigenvalue weighted by atomic mass is 79.9. The molecule has 2 aromatic carbocycles. The number of nitrogens with two attached hydrogens (primary N) is 1. The van der Waals surface area contributed by atoms with Gasteiger partial charge in [-0.3, -0.25) is 0 Å². The average molecular weight is 347 g/mol. The molecule has 0 saturated carbocycles. The minimum absolute atomic E-state index is 0.230. The Bertz CT molecular complexity index is 780. The molecule has 2 N–H and O–H groups in total. The monoisotopic (exact) mass is 346 g/mol. The van der Waals surface area contributed by atoms with Gasteiger partial charge in [0, 0.05) is 17.2 Å². The molecule has 0 amide bonds. The average Bonchev–Trinajstić information content (AvgIpc) is 2.87. The Kier molecular flexibility index (Phi) is 4.08. The summed E-state index contributed by atoms with van der Waals surface area (Å²) in [7, 11) is 0. The van der Waals surface area contributed by atoms with Gasteiger partial charge in [0.25, 0.3) is 0 Å². The minimum atomic E-state index is -0.230. The summed E-state index contributed by atoms with van der Waals surface area (Å²) in [6.45, 7) is 1.33. The van der Waals surface area contributed by atoms with E-state index < -0.39 is 0 Å². The van der Waals surface area contributed by atoms with Crippen molar-refractivity contribution in [2.75, 3.05) is 6.54 Å². The molecule has 21 heavy (non-hydrogen) atoms. The normalized spacial score (nSPS) is 11.2. The fourth-order valence-corrected chi connectivity index (χ4v) is 3.14. The lowest BCUT2D eigenvalue weighted by molar-refractivity contribution is 0.625. The van der Waals surface area contributed by atoms with E-state index in [0.29, 0.717) is 13.1 Å². The quantitative estimate of drug-likeness (QED) is 0.757. The topological polar surface area (TPSA) is 30.9 Å². The zero-order chi connectivity index (χ0) is 14.8. The van der Waals surface area contributed by atoms with Crippen LogP contribution in [-0.2, 0) is 13.0 Å². The number of nitrogens with zero attached hydrogens (tertiary/aromatic N) is 1. The number of benzene rings is 2. The number of halogens is 2. The van der Waals surface area contributed by atoms with Crippen LogP contribution in [0.2, 0.25) is 0 Å². The molecule has 1 heterocycles. The summed E-state index contributed by atoms with van der Waals surface area (Å²) >= 11 is 3.43. The van der Waals surface area contributed by atoms with Gasteiger partial charge >= 0.3 is 0 Å². The Balaban J connectivity index is 2.04. The van der Waals surface area contributed by atoms with Gasteiger partial charge in [-0.1, -0.05) is 40.2 Å². The highest BCUT2D eigenvalue weighted by Crippen LogP contribution is 2.24. The highest BCUT2D eigenvalue weighted by Gasteiger charge is 2.08. The van der Waals surface area contributed by atoms with Crippen LogP contribution < -0.4 is 5.73 Å². The summed E-state index contributed by atoms with van der Waals surface area (Å²) in [6.07, 6.45) is 2.92. The molecule has 3 aromatic rings. The number of rotatable bonds is 4. The SMILES string of the molecule is NCCc1cccc2ccn(Cc3ccc(F)cc3Br)c12. The predicted molar refractivity (Wildman–Crippen MR) is 87.9 cm³/mol. The first-order valence-corrected chi connectivity index (χ1v) is 7.69. The molecule has 0 aliphatic heterocycles. The van der Waals surface area contributed by atoms with Gasteiger partial charge in [0.15, 0.2) is 0 Å². The van der Waals surface area contributed by atoms with E-state index >= 15 is 0 Å². The first-order chi connectivity index (χ1) is 10.2. The molecule has 1 aromatic heterocycles.